The second kappa shape index (κ2) is 7.46. The fraction of sp³-hybridized carbons (Fsp3) is 0.105. The van der Waals surface area contributed by atoms with Gasteiger partial charge in [0.15, 0.2) is 6.10 Å². The van der Waals surface area contributed by atoms with Gasteiger partial charge in [0.2, 0.25) is 0 Å². The Morgan fingerprint density at radius 3 is 2.59 bits per heavy atom. The fourth-order valence-corrected chi connectivity index (χ4v) is 3.31. The third-order valence-electron chi connectivity index (χ3n) is 3.94. The minimum Gasteiger partial charge on any atom is -0.506 e. The van der Waals surface area contributed by atoms with Crippen LogP contribution in [0.3, 0.4) is 0 Å². The Morgan fingerprint density at radius 1 is 1.11 bits per heavy atom. The van der Waals surface area contributed by atoms with Crippen LogP contribution in [0.1, 0.15) is 27.6 Å². The number of carbonyl (C=O) groups is 3. The minimum absolute atomic E-state index is 0.0395. The zero-order chi connectivity index (χ0) is 19.6. The molecule has 27 heavy (non-hydrogen) atoms. The van der Waals surface area contributed by atoms with Crippen molar-refractivity contribution in [2.24, 2.45) is 5.73 Å². The lowest BCUT2D eigenvalue weighted by Gasteiger charge is -2.14. The van der Waals surface area contributed by atoms with Crippen LogP contribution >= 0.6 is 11.3 Å². The van der Waals surface area contributed by atoms with Crippen molar-refractivity contribution >= 4 is 44.9 Å². The number of thiophene rings is 1. The van der Waals surface area contributed by atoms with E-state index in [1.807, 2.05) is 6.07 Å². The Labute approximate surface area is 158 Å². The topological polar surface area (TPSA) is 119 Å². The molecule has 0 saturated carbocycles. The molecule has 0 aliphatic rings. The molecule has 1 unspecified atom stereocenters. The molecule has 2 amide bonds. The third-order valence-corrected chi connectivity index (χ3v) is 4.77. The van der Waals surface area contributed by atoms with Crippen molar-refractivity contribution in [2.75, 3.05) is 5.32 Å². The highest BCUT2D eigenvalue weighted by Crippen LogP contribution is 2.29. The van der Waals surface area contributed by atoms with E-state index in [9.17, 15) is 19.5 Å². The molecule has 3 aromatic rings. The molecular weight excluding hydrogens is 368 g/mol. The van der Waals surface area contributed by atoms with E-state index >= 15 is 0 Å². The first-order valence-corrected chi connectivity index (χ1v) is 8.86. The number of esters is 1. The minimum atomic E-state index is -1.15. The average Bonchev–Trinajstić information content (AvgIpc) is 3.10. The van der Waals surface area contributed by atoms with Crippen LogP contribution in [0.25, 0.3) is 10.8 Å². The summed E-state index contributed by atoms with van der Waals surface area (Å²) in [5.74, 6) is -2.33. The van der Waals surface area contributed by atoms with E-state index in [2.05, 4.69) is 5.32 Å². The molecule has 7 nitrogen and oxygen atoms in total. The summed E-state index contributed by atoms with van der Waals surface area (Å²) < 4.78 is 5.15. The van der Waals surface area contributed by atoms with E-state index in [-0.39, 0.29) is 21.9 Å². The van der Waals surface area contributed by atoms with Crippen LogP contribution in [-0.4, -0.2) is 29.0 Å². The van der Waals surface area contributed by atoms with Crippen LogP contribution in [0.5, 0.6) is 5.75 Å². The number of primary amides is 1. The van der Waals surface area contributed by atoms with Crippen LogP contribution in [0.15, 0.2) is 47.8 Å². The van der Waals surface area contributed by atoms with Gasteiger partial charge in [0.25, 0.3) is 11.8 Å². The summed E-state index contributed by atoms with van der Waals surface area (Å²) in [7, 11) is 0. The van der Waals surface area contributed by atoms with Crippen molar-refractivity contribution < 1.29 is 24.2 Å². The van der Waals surface area contributed by atoms with Crippen LogP contribution in [0.4, 0.5) is 5.00 Å². The largest absolute Gasteiger partial charge is 0.506 e. The lowest BCUT2D eigenvalue weighted by atomic mass is 10.1. The lowest BCUT2D eigenvalue weighted by Crippen LogP contribution is -2.30. The first-order valence-electron chi connectivity index (χ1n) is 7.98. The summed E-state index contributed by atoms with van der Waals surface area (Å²) >= 11 is 1.13. The molecular formula is C19H16N2O5S. The van der Waals surface area contributed by atoms with Gasteiger partial charge in [-0.15, -0.1) is 11.3 Å². The maximum absolute atomic E-state index is 12.4. The number of hydrogen-bond acceptors (Lipinski definition) is 6. The monoisotopic (exact) mass is 384 g/mol. The van der Waals surface area contributed by atoms with Gasteiger partial charge in [-0.3, -0.25) is 9.59 Å². The molecule has 1 atom stereocenters. The van der Waals surface area contributed by atoms with E-state index in [1.165, 1.54) is 19.1 Å². The molecule has 0 aliphatic heterocycles. The molecule has 0 bridgehead atoms. The Bertz CT molecular complexity index is 1040. The summed E-state index contributed by atoms with van der Waals surface area (Å²) in [5.41, 5.74) is 5.37. The number of ether oxygens (including phenoxy) is 1. The standard InChI is InChI=1S/C19H16N2O5S/c1-10(17(24)21-18-14(16(20)23)8-9-27-18)26-19(25)13-7-6-11-4-2-3-5-12(11)15(13)22/h2-10,22H,1H3,(H2,20,23)(H,21,24). The van der Waals surface area contributed by atoms with Gasteiger partial charge in [-0.2, -0.15) is 0 Å². The number of benzene rings is 2. The summed E-state index contributed by atoms with van der Waals surface area (Å²) in [4.78, 5) is 35.9. The maximum Gasteiger partial charge on any atom is 0.342 e. The second-order valence-corrected chi connectivity index (χ2v) is 6.66. The van der Waals surface area contributed by atoms with E-state index in [1.54, 1.807) is 29.6 Å². The Kier molecular flexibility index (Phi) is 5.09. The molecule has 1 aromatic heterocycles. The number of anilines is 1. The predicted octanol–water partition coefficient (Wildman–Crippen LogP) is 2.89. The van der Waals surface area contributed by atoms with Crippen molar-refractivity contribution in [1.29, 1.82) is 0 Å². The summed E-state index contributed by atoms with van der Waals surface area (Å²) in [5, 5.41) is 16.0. The van der Waals surface area contributed by atoms with Crippen LogP contribution in [0.2, 0.25) is 0 Å². The molecule has 4 N–H and O–H groups in total. The summed E-state index contributed by atoms with van der Waals surface area (Å²) in [6, 6.07) is 11.7. The zero-order valence-electron chi connectivity index (χ0n) is 14.3. The maximum atomic E-state index is 12.4. The van der Waals surface area contributed by atoms with Crippen molar-refractivity contribution in [3.8, 4) is 5.75 Å². The molecule has 1 heterocycles. The molecule has 3 rings (SSSR count). The predicted molar refractivity (Wildman–Crippen MR) is 102 cm³/mol. The molecule has 0 saturated heterocycles. The van der Waals surface area contributed by atoms with E-state index in [0.717, 1.165) is 16.7 Å². The number of carbonyl (C=O) groups excluding carboxylic acids is 3. The average molecular weight is 384 g/mol. The number of amides is 2. The molecule has 8 heteroatoms. The normalized spacial score (nSPS) is 11.7. The Hall–Kier alpha value is -3.39. The van der Waals surface area contributed by atoms with Gasteiger partial charge in [0, 0.05) is 5.39 Å². The molecule has 0 spiro atoms. The van der Waals surface area contributed by atoms with Gasteiger partial charge in [-0.25, -0.2) is 4.79 Å². The van der Waals surface area contributed by atoms with Crippen molar-refractivity contribution in [2.45, 2.75) is 13.0 Å². The quantitative estimate of drug-likeness (QED) is 0.585. The number of phenols is 1. The number of rotatable bonds is 5. The molecule has 0 fully saturated rings. The number of phenolic OH excluding ortho intramolecular Hbond substituents is 1. The van der Waals surface area contributed by atoms with Gasteiger partial charge in [-0.05, 0) is 29.8 Å². The fourth-order valence-electron chi connectivity index (χ4n) is 2.51. The van der Waals surface area contributed by atoms with Gasteiger partial charge < -0.3 is 20.9 Å². The number of hydrogen-bond donors (Lipinski definition) is 3. The van der Waals surface area contributed by atoms with Gasteiger partial charge >= 0.3 is 5.97 Å². The highest BCUT2D eigenvalue weighted by molar-refractivity contribution is 7.14. The summed E-state index contributed by atoms with van der Waals surface area (Å²) in [6.07, 6.45) is -1.15. The Morgan fingerprint density at radius 2 is 1.85 bits per heavy atom. The first kappa shape index (κ1) is 18.4. The van der Waals surface area contributed by atoms with E-state index in [4.69, 9.17) is 10.5 Å². The molecule has 2 aromatic carbocycles. The second-order valence-electron chi connectivity index (χ2n) is 5.75. The molecule has 138 valence electrons. The van der Waals surface area contributed by atoms with E-state index < -0.39 is 23.9 Å². The van der Waals surface area contributed by atoms with Crippen LogP contribution < -0.4 is 11.1 Å². The Balaban J connectivity index is 1.73. The molecule has 0 radical (unpaired) electrons. The number of aromatic hydroxyl groups is 1. The van der Waals surface area contributed by atoms with Gasteiger partial charge in [0.1, 0.15) is 16.3 Å². The smallest absolute Gasteiger partial charge is 0.342 e. The first-order chi connectivity index (χ1) is 12.9. The highest BCUT2D eigenvalue weighted by Gasteiger charge is 2.23. The van der Waals surface area contributed by atoms with E-state index in [0.29, 0.717) is 5.39 Å². The molecule has 0 aliphatic carbocycles. The number of fused-ring (bicyclic) bond motifs is 1. The highest BCUT2D eigenvalue weighted by atomic mass is 32.1. The van der Waals surface area contributed by atoms with Crippen LogP contribution in [-0.2, 0) is 9.53 Å². The number of nitrogens with two attached hydrogens (primary N) is 1. The SMILES string of the molecule is CC(OC(=O)c1ccc2ccccc2c1O)C(=O)Nc1sccc1C(N)=O. The van der Waals surface area contributed by atoms with Crippen molar-refractivity contribution in [1.82, 2.24) is 0 Å². The number of nitrogens with one attached hydrogen (secondary N) is 1. The van der Waals surface area contributed by atoms with Crippen molar-refractivity contribution in [3.05, 3.63) is 59.0 Å². The summed E-state index contributed by atoms with van der Waals surface area (Å²) in [6.45, 7) is 1.39. The van der Waals surface area contributed by atoms with Gasteiger partial charge in [0.05, 0.1) is 5.56 Å². The van der Waals surface area contributed by atoms with Crippen molar-refractivity contribution in [3.63, 3.8) is 0 Å². The zero-order valence-corrected chi connectivity index (χ0v) is 15.1. The third kappa shape index (κ3) is 3.75. The van der Waals surface area contributed by atoms with Gasteiger partial charge in [-0.1, -0.05) is 30.3 Å². The van der Waals surface area contributed by atoms with Crippen LogP contribution in [0, 0.1) is 0 Å². The lowest BCUT2D eigenvalue weighted by molar-refractivity contribution is -0.123.